The van der Waals surface area contributed by atoms with Gasteiger partial charge in [-0.3, -0.25) is 4.79 Å². The Bertz CT molecular complexity index is 744. The Morgan fingerprint density at radius 2 is 1.97 bits per heavy atom. The number of likely N-dealkylation sites (tertiary alicyclic amines) is 1. The van der Waals surface area contributed by atoms with E-state index in [0.717, 1.165) is 35.8 Å². The normalized spacial score (nSPS) is 27.1. The fraction of sp³-hybridized carbons (Fsp3) is 0.720. The van der Waals surface area contributed by atoms with Gasteiger partial charge in [-0.1, -0.05) is 6.92 Å². The molecule has 4 nitrogen and oxygen atoms in total. The molecule has 2 aliphatic rings. The molecule has 1 saturated carbocycles. The maximum atomic E-state index is 12.4. The molecule has 0 bridgehead atoms. The summed E-state index contributed by atoms with van der Waals surface area (Å²) in [6.45, 7) is 15.0. The Hall–Kier alpha value is -1.04. The second-order valence-corrected chi connectivity index (χ2v) is 10.8. The summed E-state index contributed by atoms with van der Waals surface area (Å²) in [5, 5.41) is 0. The number of piperidine rings is 1. The van der Waals surface area contributed by atoms with Crippen molar-refractivity contribution in [3.05, 3.63) is 29.3 Å². The van der Waals surface area contributed by atoms with Gasteiger partial charge in [-0.25, -0.2) is 0 Å². The molecule has 1 saturated heterocycles. The van der Waals surface area contributed by atoms with Crippen molar-refractivity contribution >= 4 is 18.4 Å². The Morgan fingerprint density at radius 3 is 2.57 bits per heavy atom. The van der Waals surface area contributed by atoms with Gasteiger partial charge in [0, 0.05) is 18.2 Å². The predicted octanol–water partition coefficient (Wildman–Crippen LogP) is 5.56. The monoisotopic (exact) mass is 433 g/mol. The Balaban J connectivity index is 1.80. The van der Waals surface area contributed by atoms with Gasteiger partial charge in [0.05, 0.1) is 12.7 Å². The van der Waals surface area contributed by atoms with Crippen LogP contribution < -0.4 is 4.74 Å². The van der Waals surface area contributed by atoms with Crippen LogP contribution in [0.3, 0.4) is 0 Å². The van der Waals surface area contributed by atoms with Crippen LogP contribution in [0.2, 0.25) is 0 Å². The third-order valence-corrected chi connectivity index (χ3v) is 6.93. The van der Waals surface area contributed by atoms with Crippen molar-refractivity contribution in [2.24, 2.45) is 11.8 Å². The van der Waals surface area contributed by atoms with Crippen molar-refractivity contribution < 1.29 is 14.3 Å². The van der Waals surface area contributed by atoms with Crippen LogP contribution in [0.1, 0.15) is 82.6 Å². The number of hydrogen-bond acceptors (Lipinski definition) is 5. The lowest BCUT2D eigenvalue weighted by atomic mass is 9.75. The summed E-state index contributed by atoms with van der Waals surface area (Å²) in [6.07, 6.45) is 3.98. The van der Waals surface area contributed by atoms with Gasteiger partial charge in [-0.15, -0.1) is 12.6 Å². The van der Waals surface area contributed by atoms with E-state index >= 15 is 0 Å². The zero-order chi connectivity index (χ0) is 22.1. The van der Waals surface area contributed by atoms with Gasteiger partial charge in [0.2, 0.25) is 0 Å². The van der Waals surface area contributed by atoms with Gasteiger partial charge in [0.15, 0.2) is 10.7 Å². The van der Waals surface area contributed by atoms with Crippen molar-refractivity contribution in [3.63, 3.8) is 0 Å². The summed E-state index contributed by atoms with van der Waals surface area (Å²) < 4.78 is 11.9. The van der Waals surface area contributed by atoms with Gasteiger partial charge in [0.25, 0.3) is 0 Å². The molecule has 1 aromatic rings. The Kier molecular flexibility index (Phi) is 7.57. The average molecular weight is 434 g/mol. The first-order valence-corrected chi connectivity index (χ1v) is 11.9. The van der Waals surface area contributed by atoms with Gasteiger partial charge >= 0.3 is 0 Å². The van der Waals surface area contributed by atoms with E-state index in [1.54, 1.807) is 6.92 Å². The van der Waals surface area contributed by atoms with E-state index in [0.29, 0.717) is 24.5 Å². The average Bonchev–Trinajstić information content (AvgIpc) is 3.48. The van der Waals surface area contributed by atoms with Gasteiger partial charge in [0.1, 0.15) is 5.75 Å². The summed E-state index contributed by atoms with van der Waals surface area (Å²) >= 11 is 4.66. The quantitative estimate of drug-likeness (QED) is 0.314. The second kappa shape index (κ2) is 9.62. The summed E-state index contributed by atoms with van der Waals surface area (Å²) in [7, 11) is 0. The van der Waals surface area contributed by atoms with Crippen molar-refractivity contribution in [1.29, 1.82) is 0 Å². The standard InChI is InChI=1S/C25H39NO3S/c1-16(2)28-15-25(6,30)29-21-9-10-23(19(5)27)24(13-21)22-11-12-26(14-20-7-8-20)18(4)17(22)3/h9-10,13,16-18,20,22,30H,7-8,11-12,14-15H2,1-6H3/t17-,18+,22+,25?/m0/s1. The van der Waals surface area contributed by atoms with E-state index < -0.39 is 4.93 Å². The highest BCUT2D eigenvalue weighted by Gasteiger charge is 2.37. The van der Waals surface area contributed by atoms with E-state index in [1.165, 1.54) is 19.4 Å². The van der Waals surface area contributed by atoms with Crippen molar-refractivity contribution in [2.75, 3.05) is 19.7 Å². The number of rotatable bonds is 9. The molecule has 1 unspecified atom stereocenters. The Morgan fingerprint density at radius 1 is 1.27 bits per heavy atom. The first kappa shape index (κ1) is 23.6. The van der Waals surface area contributed by atoms with Crippen LogP contribution in [-0.2, 0) is 4.74 Å². The molecule has 5 heteroatoms. The number of Topliss-reactive ketones (excluding diaryl/α,β-unsaturated/α-hetero) is 1. The van der Waals surface area contributed by atoms with Crippen LogP contribution in [0.5, 0.6) is 5.75 Å². The van der Waals surface area contributed by atoms with Crippen LogP contribution in [0.4, 0.5) is 0 Å². The molecule has 0 radical (unpaired) electrons. The second-order valence-electron chi connectivity index (χ2n) is 9.88. The molecule has 1 heterocycles. The molecule has 0 aromatic heterocycles. The summed E-state index contributed by atoms with van der Waals surface area (Å²) in [5.41, 5.74) is 1.95. The van der Waals surface area contributed by atoms with E-state index in [1.807, 2.05) is 32.9 Å². The van der Waals surface area contributed by atoms with Crippen LogP contribution >= 0.6 is 12.6 Å². The van der Waals surface area contributed by atoms with Crippen molar-refractivity contribution in [2.45, 2.75) is 83.8 Å². The molecular weight excluding hydrogens is 394 g/mol. The van der Waals surface area contributed by atoms with E-state index in [4.69, 9.17) is 9.47 Å². The van der Waals surface area contributed by atoms with Crippen LogP contribution in [0, 0.1) is 11.8 Å². The number of carbonyl (C=O) groups excluding carboxylic acids is 1. The van der Waals surface area contributed by atoms with Gasteiger partial charge in [-0.2, -0.15) is 0 Å². The molecule has 3 rings (SSSR count). The smallest absolute Gasteiger partial charge is 0.172 e. The predicted molar refractivity (Wildman–Crippen MR) is 126 cm³/mol. The number of ketones is 1. The zero-order valence-electron chi connectivity index (χ0n) is 19.5. The number of ether oxygens (including phenoxy) is 2. The van der Waals surface area contributed by atoms with E-state index in [2.05, 4.69) is 37.4 Å². The molecule has 1 aliphatic carbocycles. The molecule has 0 amide bonds. The molecule has 168 valence electrons. The molecule has 2 fully saturated rings. The number of thiol groups is 1. The third-order valence-electron chi connectivity index (χ3n) is 6.71. The topological polar surface area (TPSA) is 38.8 Å². The largest absolute Gasteiger partial charge is 0.475 e. The molecule has 0 spiro atoms. The minimum atomic E-state index is -0.730. The van der Waals surface area contributed by atoms with Crippen LogP contribution in [0.15, 0.2) is 18.2 Å². The molecule has 4 atom stereocenters. The van der Waals surface area contributed by atoms with E-state index in [9.17, 15) is 4.79 Å². The minimum Gasteiger partial charge on any atom is -0.475 e. The third kappa shape index (κ3) is 6.02. The van der Waals surface area contributed by atoms with Gasteiger partial charge in [-0.05, 0) is 102 Å². The fourth-order valence-corrected chi connectivity index (χ4v) is 4.78. The lowest BCUT2D eigenvalue weighted by Gasteiger charge is -2.43. The summed E-state index contributed by atoms with van der Waals surface area (Å²) in [5.74, 6) is 2.61. The summed E-state index contributed by atoms with van der Waals surface area (Å²) in [4.78, 5) is 14.3. The highest BCUT2D eigenvalue weighted by Crippen LogP contribution is 2.41. The van der Waals surface area contributed by atoms with Gasteiger partial charge < -0.3 is 14.4 Å². The highest BCUT2D eigenvalue weighted by molar-refractivity contribution is 7.81. The van der Waals surface area contributed by atoms with E-state index in [-0.39, 0.29) is 11.9 Å². The lowest BCUT2D eigenvalue weighted by molar-refractivity contribution is 0.00886. The molecule has 1 aromatic carbocycles. The number of nitrogens with zero attached hydrogens (tertiary/aromatic N) is 1. The summed E-state index contributed by atoms with van der Waals surface area (Å²) in [6, 6.07) is 6.41. The number of carbonyl (C=O) groups is 1. The number of hydrogen-bond donors (Lipinski definition) is 1. The lowest BCUT2D eigenvalue weighted by Crippen LogP contribution is -2.46. The van der Waals surface area contributed by atoms with Crippen molar-refractivity contribution in [1.82, 2.24) is 4.90 Å². The highest BCUT2D eigenvalue weighted by atomic mass is 32.1. The first-order chi connectivity index (χ1) is 14.1. The van der Waals surface area contributed by atoms with Crippen molar-refractivity contribution in [3.8, 4) is 5.75 Å². The Labute approximate surface area is 188 Å². The van der Waals surface area contributed by atoms with Crippen LogP contribution in [-0.4, -0.2) is 47.5 Å². The van der Waals surface area contributed by atoms with Crippen LogP contribution in [0.25, 0.3) is 0 Å². The molecule has 30 heavy (non-hydrogen) atoms. The molecular formula is C25H39NO3S. The number of benzene rings is 1. The SMILES string of the molecule is CC(=O)c1ccc(OC(C)(S)COC(C)C)cc1[C@@H]1CCN(CC2CC2)[C@H](C)[C@@H]1C. The minimum absolute atomic E-state index is 0.119. The fourth-order valence-electron chi connectivity index (χ4n) is 4.60. The molecule has 1 aliphatic heterocycles. The maximum absolute atomic E-state index is 12.4. The zero-order valence-corrected chi connectivity index (χ0v) is 20.4. The maximum Gasteiger partial charge on any atom is 0.172 e. The molecule has 0 N–H and O–H groups in total. The first-order valence-electron chi connectivity index (χ1n) is 11.5.